The van der Waals surface area contributed by atoms with Crippen LogP contribution < -0.4 is 10.1 Å². The fourth-order valence-electron chi connectivity index (χ4n) is 1.91. The van der Waals surface area contributed by atoms with Crippen molar-refractivity contribution in [2.75, 3.05) is 5.32 Å². The molecule has 2 rings (SSSR count). The maximum absolute atomic E-state index is 12.1. The molecule has 0 saturated carbocycles. The molecule has 2 N–H and O–H groups in total. The first-order valence-electron chi connectivity index (χ1n) is 6.89. The molecule has 0 saturated heterocycles. The number of benzene rings is 1. The summed E-state index contributed by atoms with van der Waals surface area (Å²) in [5, 5.41) is 11.5. The molecular formula is C15H14F2N2O4S. The van der Waals surface area contributed by atoms with Crippen molar-refractivity contribution in [1.82, 2.24) is 4.98 Å². The molecule has 0 aliphatic rings. The maximum atomic E-state index is 12.1. The van der Waals surface area contributed by atoms with Crippen molar-refractivity contribution >= 4 is 28.3 Å². The van der Waals surface area contributed by atoms with Gasteiger partial charge in [-0.15, -0.1) is 11.3 Å². The van der Waals surface area contributed by atoms with Crippen LogP contribution in [0.25, 0.3) is 11.3 Å². The van der Waals surface area contributed by atoms with Gasteiger partial charge in [-0.3, -0.25) is 9.59 Å². The van der Waals surface area contributed by atoms with Gasteiger partial charge in [0.1, 0.15) is 5.75 Å². The Morgan fingerprint density at radius 1 is 1.29 bits per heavy atom. The van der Waals surface area contributed by atoms with Gasteiger partial charge in [-0.05, 0) is 31.2 Å². The van der Waals surface area contributed by atoms with E-state index in [-0.39, 0.29) is 18.6 Å². The number of aliphatic carboxylic acids is 1. The number of hydrogen-bond donors (Lipinski definition) is 2. The van der Waals surface area contributed by atoms with Gasteiger partial charge >= 0.3 is 12.6 Å². The van der Waals surface area contributed by atoms with Gasteiger partial charge in [0.2, 0.25) is 5.91 Å². The summed E-state index contributed by atoms with van der Waals surface area (Å²) < 4.78 is 28.6. The summed E-state index contributed by atoms with van der Waals surface area (Å²) >= 11 is 1.24. The summed E-state index contributed by atoms with van der Waals surface area (Å²) in [7, 11) is 0. The van der Waals surface area contributed by atoms with E-state index in [0.29, 0.717) is 16.4 Å². The number of nitrogens with one attached hydrogen (secondary N) is 1. The van der Waals surface area contributed by atoms with Crippen molar-refractivity contribution < 1.29 is 28.2 Å². The second-order valence-corrected chi connectivity index (χ2v) is 5.97. The Labute approximate surface area is 140 Å². The Morgan fingerprint density at radius 2 is 1.96 bits per heavy atom. The predicted molar refractivity (Wildman–Crippen MR) is 84.4 cm³/mol. The average Bonchev–Trinajstić information content (AvgIpc) is 2.86. The van der Waals surface area contributed by atoms with Gasteiger partial charge in [-0.25, -0.2) is 4.98 Å². The SMILES string of the molecule is Cc1sc(NC(=O)CCC(=O)O)nc1-c1ccc(OC(F)F)cc1. The molecule has 0 aliphatic carbocycles. The van der Waals surface area contributed by atoms with E-state index in [1.54, 1.807) is 12.1 Å². The first-order valence-corrected chi connectivity index (χ1v) is 7.71. The Kier molecular flexibility index (Phi) is 5.80. The number of carbonyl (C=O) groups is 2. The topological polar surface area (TPSA) is 88.5 Å². The quantitative estimate of drug-likeness (QED) is 0.792. The smallest absolute Gasteiger partial charge is 0.387 e. The van der Waals surface area contributed by atoms with Gasteiger partial charge in [0, 0.05) is 16.9 Å². The number of carboxylic acid groups (broad SMARTS) is 1. The Morgan fingerprint density at radius 3 is 2.54 bits per heavy atom. The van der Waals surface area contributed by atoms with Crippen molar-refractivity contribution in [1.29, 1.82) is 0 Å². The second-order valence-electron chi connectivity index (χ2n) is 4.77. The maximum Gasteiger partial charge on any atom is 0.387 e. The van der Waals surface area contributed by atoms with Crippen LogP contribution in [0.2, 0.25) is 0 Å². The summed E-state index contributed by atoms with van der Waals surface area (Å²) in [5.41, 5.74) is 1.30. The molecule has 0 radical (unpaired) electrons. The van der Waals surface area contributed by atoms with Crippen LogP contribution >= 0.6 is 11.3 Å². The molecule has 2 aromatic rings. The number of carbonyl (C=O) groups excluding carboxylic acids is 1. The van der Waals surface area contributed by atoms with Crippen molar-refractivity contribution in [3.63, 3.8) is 0 Å². The average molecular weight is 356 g/mol. The number of rotatable bonds is 7. The van der Waals surface area contributed by atoms with E-state index in [2.05, 4.69) is 15.0 Å². The minimum absolute atomic E-state index is 0.0452. The lowest BCUT2D eigenvalue weighted by molar-refractivity contribution is -0.138. The number of halogens is 2. The van der Waals surface area contributed by atoms with E-state index in [4.69, 9.17) is 5.11 Å². The van der Waals surface area contributed by atoms with Crippen molar-refractivity contribution in [3.05, 3.63) is 29.1 Å². The van der Waals surface area contributed by atoms with E-state index >= 15 is 0 Å². The number of thiazole rings is 1. The third-order valence-electron chi connectivity index (χ3n) is 2.96. The standard InChI is InChI=1S/C15H14F2N2O4S/c1-8-13(9-2-4-10(5-3-9)23-14(16)17)19-15(24-8)18-11(20)6-7-12(21)22/h2-5,14H,6-7H2,1H3,(H,21,22)(H,18,19,20). The van der Waals surface area contributed by atoms with Gasteiger partial charge in [-0.2, -0.15) is 8.78 Å². The molecule has 128 valence electrons. The molecule has 6 nitrogen and oxygen atoms in total. The molecule has 1 amide bonds. The van der Waals surface area contributed by atoms with Crippen LogP contribution in [-0.4, -0.2) is 28.6 Å². The molecule has 9 heteroatoms. The van der Waals surface area contributed by atoms with Crippen LogP contribution in [0.1, 0.15) is 17.7 Å². The third kappa shape index (κ3) is 4.98. The lowest BCUT2D eigenvalue weighted by Crippen LogP contribution is -2.12. The van der Waals surface area contributed by atoms with Gasteiger partial charge < -0.3 is 15.2 Å². The van der Waals surface area contributed by atoms with Gasteiger partial charge in [0.05, 0.1) is 12.1 Å². The van der Waals surface area contributed by atoms with Gasteiger partial charge in [-0.1, -0.05) is 0 Å². The highest BCUT2D eigenvalue weighted by Crippen LogP contribution is 2.31. The van der Waals surface area contributed by atoms with E-state index in [0.717, 1.165) is 4.88 Å². The molecule has 0 atom stereocenters. The fraction of sp³-hybridized carbons (Fsp3) is 0.267. The molecule has 0 spiro atoms. The number of carboxylic acids is 1. The summed E-state index contributed by atoms with van der Waals surface area (Å²) in [5.74, 6) is -1.44. The van der Waals surface area contributed by atoms with Crippen molar-refractivity contribution in [3.8, 4) is 17.0 Å². The minimum Gasteiger partial charge on any atom is -0.481 e. The Bertz CT molecular complexity index is 732. The molecule has 0 fully saturated rings. The number of nitrogens with zero attached hydrogens (tertiary/aromatic N) is 1. The summed E-state index contributed by atoms with van der Waals surface area (Å²) in [6, 6.07) is 6.00. The lowest BCUT2D eigenvalue weighted by atomic mass is 10.1. The molecule has 24 heavy (non-hydrogen) atoms. The highest BCUT2D eigenvalue weighted by atomic mass is 32.1. The first-order chi connectivity index (χ1) is 11.3. The molecule has 0 unspecified atom stereocenters. The zero-order chi connectivity index (χ0) is 17.7. The Hall–Kier alpha value is -2.55. The number of aromatic nitrogens is 1. The molecule has 0 aliphatic heterocycles. The Balaban J connectivity index is 2.08. The molecule has 1 aromatic carbocycles. The summed E-state index contributed by atoms with van der Waals surface area (Å²) in [6.45, 7) is -1.08. The predicted octanol–water partition coefficient (Wildman–Crippen LogP) is 3.52. The van der Waals surface area contributed by atoms with Crippen LogP contribution in [-0.2, 0) is 9.59 Å². The van der Waals surface area contributed by atoms with E-state index in [1.165, 1.54) is 23.5 Å². The zero-order valence-corrected chi connectivity index (χ0v) is 13.4. The van der Waals surface area contributed by atoms with Crippen LogP contribution in [0.5, 0.6) is 5.75 Å². The normalized spacial score (nSPS) is 10.7. The third-order valence-corrected chi connectivity index (χ3v) is 3.85. The lowest BCUT2D eigenvalue weighted by Gasteiger charge is -2.05. The molecule has 1 aromatic heterocycles. The van der Waals surface area contributed by atoms with E-state index < -0.39 is 18.5 Å². The number of alkyl halides is 2. The zero-order valence-electron chi connectivity index (χ0n) is 12.6. The summed E-state index contributed by atoms with van der Waals surface area (Å²) in [4.78, 5) is 27.2. The number of hydrogen-bond acceptors (Lipinski definition) is 5. The molecule has 0 bridgehead atoms. The van der Waals surface area contributed by atoms with Gasteiger partial charge in [0.15, 0.2) is 5.13 Å². The fourth-order valence-corrected chi connectivity index (χ4v) is 2.77. The molecule has 1 heterocycles. The van der Waals surface area contributed by atoms with Crippen molar-refractivity contribution in [2.24, 2.45) is 0 Å². The van der Waals surface area contributed by atoms with Crippen LogP contribution in [0.4, 0.5) is 13.9 Å². The highest BCUT2D eigenvalue weighted by Gasteiger charge is 2.13. The van der Waals surface area contributed by atoms with Gasteiger partial charge in [0.25, 0.3) is 0 Å². The summed E-state index contributed by atoms with van der Waals surface area (Å²) in [6.07, 6.45) is -0.391. The largest absolute Gasteiger partial charge is 0.481 e. The van der Waals surface area contributed by atoms with Crippen LogP contribution in [0.3, 0.4) is 0 Å². The number of amides is 1. The van der Waals surface area contributed by atoms with Crippen LogP contribution in [0.15, 0.2) is 24.3 Å². The van der Waals surface area contributed by atoms with E-state index in [1.807, 2.05) is 6.92 Å². The van der Waals surface area contributed by atoms with E-state index in [9.17, 15) is 18.4 Å². The monoisotopic (exact) mass is 356 g/mol. The number of aryl methyl sites for hydroxylation is 1. The first kappa shape index (κ1) is 17.8. The number of anilines is 1. The number of ether oxygens (including phenoxy) is 1. The van der Waals surface area contributed by atoms with Crippen LogP contribution in [0, 0.1) is 6.92 Å². The highest BCUT2D eigenvalue weighted by molar-refractivity contribution is 7.16. The minimum atomic E-state index is -2.88. The van der Waals surface area contributed by atoms with Crippen molar-refractivity contribution in [2.45, 2.75) is 26.4 Å². The molecular weight excluding hydrogens is 342 g/mol. The second kappa shape index (κ2) is 7.82.